The van der Waals surface area contributed by atoms with Crippen molar-refractivity contribution in [2.24, 2.45) is 16.3 Å². The van der Waals surface area contributed by atoms with Gasteiger partial charge in [0.25, 0.3) is 0 Å². The van der Waals surface area contributed by atoms with Crippen molar-refractivity contribution in [2.75, 3.05) is 19.7 Å². The molecule has 4 nitrogen and oxygen atoms in total. The summed E-state index contributed by atoms with van der Waals surface area (Å²) in [5.74, 6) is 1.53. The minimum absolute atomic E-state index is 0.192. The molecule has 2 unspecified atom stereocenters. The molecule has 1 heterocycles. The number of aliphatic imine (C=N–C) groups is 1. The predicted octanol–water partition coefficient (Wildman–Crippen LogP) is 3.33. The molecule has 2 N–H and O–H groups in total. The van der Waals surface area contributed by atoms with Crippen LogP contribution in [0.2, 0.25) is 0 Å². The van der Waals surface area contributed by atoms with Gasteiger partial charge in [-0.25, -0.2) is 0 Å². The summed E-state index contributed by atoms with van der Waals surface area (Å²) in [6.07, 6.45) is 7.97. The molecule has 2 aliphatic rings. The van der Waals surface area contributed by atoms with Crippen LogP contribution >= 0.6 is 0 Å². The van der Waals surface area contributed by atoms with E-state index in [1.807, 2.05) is 0 Å². The Morgan fingerprint density at radius 2 is 1.86 bits per heavy atom. The average molecular weight is 309 g/mol. The molecule has 22 heavy (non-hydrogen) atoms. The van der Waals surface area contributed by atoms with E-state index in [-0.39, 0.29) is 5.41 Å². The van der Waals surface area contributed by atoms with E-state index in [2.05, 4.69) is 38.3 Å². The zero-order chi connectivity index (χ0) is 16.0. The third-order valence-corrected chi connectivity index (χ3v) is 4.82. The van der Waals surface area contributed by atoms with E-state index in [4.69, 9.17) is 9.73 Å². The molecule has 2 fully saturated rings. The maximum Gasteiger partial charge on any atom is 0.191 e. The summed E-state index contributed by atoms with van der Waals surface area (Å²) in [6, 6.07) is 0.610. The third kappa shape index (κ3) is 5.15. The SMILES string of the molecule is CCNC(=NCC1CCCOC1C(C)(C)C)NC1CCCC1. The maximum absolute atomic E-state index is 6.07. The van der Waals surface area contributed by atoms with Gasteiger partial charge in [-0.05, 0) is 38.0 Å². The Morgan fingerprint density at radius 3 is 2.50 bits per heavy atom. The van der Waals surface area contributed by atoms with E-state index in [0.29, 0.717) is 18.1 Å². The van der Waals surface area contributed by atoms with Crippen LogP contribution < -0.4 is 10.6 Å². The summed E-state index contributed by atoms with van der Waals surface area (Å²) in [4.78, 5) is 4.88. The first-order valence-corrected chi connectivity index (χ1v) is 9.17. The zero-order valence-electron chi connectivity index (χ0n) is 15.0. The Kier molecular flexibility index (Phi) is 6.54. The van der Waals surface area contributed by atoms with Crippen LogP contribution in [-0.2, 0) is 4.74 Å². The summed E-state index contributed by atoms with van der Waals surface area (Å²) in [5, 5.41) is 7.01. The smallest absolute Gasteiger partial charge is 0.191 e. The lowest BCUT2D eigenvalue weighted by Gasteiger charge is -2.39. The fourth-order valence-corrected chi connectivity index (χ4v) is 3.78. The summed E-state index contributed by atoms with van der Waals surface area (Å²) in [7, 11) is 0. The topological polar surface area (TPSA) is 45.7 Å². The molecule has 1 saturated heterocycles. The van der Waals surface area contributed by atoms with Crippen molar-refractivity contribution in [3.63, 3.8) is 0 Å². The van der Waals surface area contributed by atoms with Crippen molar-refractivity contribution in [3.05, 3.63) is 0 Å². The predicted molar refractivity (Wildman–Crippen MR) is 93.3 cm³/mol. The van der Waals surface area contributed by atoms with Crippen LogP contribution in [-0.4, -0.2) is 37.8 Å². The van der Waals surface area contributed by atoms with Gasteiger partial charge in [0.15, 0.2) is 5.96 Å². The summed E-state index contributed by atoms with van der Waals surface area (Å²) >= 11 is 0. The van der Waals surface area contributed by atoms with Gasteiger partial charge in [0.05, 0.1) is 6.10 Å². The molecule has 0 bridgehead atoms. The lowest BCUT2D eigenvalue weighted by atomic mass is 9.78. The molecule has 1 saturated carbocycles. The zero-order valence-corrected chi connectivity index (χ0v) is 15.0. The molecule has 0 radical (unpaired) electrons. The number of hydrogen-bond donors (Lipinski definition) is 2. The van der Waals surface area contributed by atoms with Crippen LogP contribution in [0.15, 0.2) is 4.99 Å². The number of guanidine groups is 1. The number of nitrogens with one attached hydrogen (secondary N) is 2. The molecule has 0 aromatic rings. The minimum Gasteiger partial charge on any atom is -0.377 e. The molecule has 0 amide bonds. The van der Waals surface area contributed by atoms with Crippen LogP contribution in [0.4, 0.5) is 0 Å². The van der Waals surface area contributed by atoms with Gasteiger partial charge in [-0.15, -0.1) is 0 Å². The normalized spacial score (nSPS) is 27.9. The molecule has 128 valence electrons. The van der Waals surface area contributed by atoms with Crippen molar-refractivity contribution in [1.29, 1.82) is 0 Å². The first-order chi connectivity index (χ1) is 10.5. The molecular weight excluding hydrogens is 274 g/mol. The van der Waals surface area contributed by atoms with Gasteiger partial charge in [-0.1, -0.05) is 33.6 Å². The number of hydrogen-bond acceptors (Lipinski definition) is 2. The lowest BCUT2D eigenvalue weighted by molar-refractivity contribution is -0.0823. The molecule has 0 aromatic carbocycles. The molecule has 4 heteroatoms. The Balaban J connectivity index is 1.94. The molecule has 1 aliphatic heterocycles. The number of ether oxygens (including phenoxy) is 1. The Morgan fingerprint density at radius 1 is 1.14 bits per heavy atom. The molecule has 1 aliphatic carbocycles. The van der Waals surface area contributed by atoms with Crippen LogP contribution in [0.25, 0.3) is 0 Å². The van der Waals surface area contributed by atoms with Gasteiger partial charge < -0.3 is 15.4 Å². The highest BCUT2D eigenvalue weighted by Gasteiger charge is 2.35. The Hall–Kier alpha value is -0.770. The van der Waals surface area contributed by atoms with E-state index >= 15 is 0 Å². The van der Waals surface area contributed by atoms with Crippen molar-refractivity contribution in [3.8, 4) is 0 Å². The first-order valence-electron chi connectivity index (χ1n) is 9.17. The quantitative estimate of drug-likeness (QED) is 0.618. The van der Waals surface area contributed by atoms with Gasteiger partial charge >= 0.3 is 0 Å². The third-order valence-electron chi connectivity index (χ3n) is 4.82. The molecule has 0 aromatic heterocycles. The van der Waals surface area contributed by atoms with Crippen molar-refractivity contribution in [2.45, 2.75) is 78.4 Å². The van der Waals surface area contributed by atoms with E-state index in [1.54, 1.807) is 0 Å². The van der Waals surface area contributed by atoms with E-state index in [1.165, 1.54) is 38.5 Å². The van der Waals surface area contributed by atoms with E-state index < -0.39 is 0 Å². The second kappa shape index (κ2) is 8.19. The molecule has 2 atom stereocenters. The van der Waals surface area contributed by atoms with Crippen molar-refractivity contribution < 1.29 is 4.74 Å². The lowest BCUT2D eigenvalue weighted by Crippen LogP contribution is -2.44. The highest BCUT2D eigenvalue weighted by molar-refractivity contribution is 5.80. The number of rotatable bonds is 4. The van der Waals surface area contributed by atoms with Crippen LogP contribution in [0.3, 0.4) is 0 Å². The highest BCUT2D eigenvalue weighted by Crippen LogP contribution is 2.34. The van der Waals surface area contributed by atoms with Crippen molar-refractivity contribution in [1.82, 2.24) is 10.6 Å². The number of nitrogens with zero attached hydrogens (tertiary/aromatic N) is 1. The molecule has 0 spiro atoms. The summed E-state index contributed by atoms with van der Waals surface area (Å²) < 4.78 is 6.07. The summed E-state index contributed by atoms with van der Waals surface area (Å²) in [5.41, 5.74) is 0.192. The van der Waals surface area contributed by atoms with Crippen LogP contribution in [0.1, 0.15) is 66.2 Å². The van der Waals surface area contributed by atoms with Gasteiger partial charge in [0.2, 0.25) is 0 Å². The standard InChI is InChI=1S/C18H35N3O/c1-5-19-17(21-15-10-6-7-11-15)20-13-14-9-8-12-22-16(14)18(2,3)4/h14-16H,5-13H2,1-4H3,(H2,19,20,21). The second-order valence-corrected chi connectivity index (χ2v) is 7.91. The fourth-order valence-electron chi connectivity index (χ4n) is 3.78. The van der Waals surface area contributed by atoms with Gasteiger partial charge in [-0.3, -0.25) is 4.99 Å². The largest absolute Gasteiger partial charge is 0.377 e. The van der Waals surface area contributed by atoms with Crippen LogP contribution in [0, 0.1) is 11.3 Å². The maximum atomic E-state index is 6.07. The van der Waals surface area contributed by atoms with Crippen LogP contribution in [0.5, 0.6) is 0 Å². The monoisotopic (exact) mass is 309 g/mol. The van der Waals surface area contributed by atoms with Gasteiger partial charge in [0.1, 0.15) is 0 Å². The Labute approximate surface area is 136 Å². The fraction of sp³-hybridized carbons (Fsp3) is 0.944. The minimum atomic E-state index is 0.192. The van der Waals surface area contributed by atoms with E-state index in [9.17, 15) is 0 Å². The second-order valence-electron chi connectivity index (χ2n) is 7.91. The van der Waals surface area contributed by atoms with Crippen molar-refractivity contribution >= 4 is 5.96 Å². The van der Waals surface area contributed by atoms with Gasteiger partial charge in [0, 0.05) is 31.7 Å². The first kappa shape index (κ1) is 17.6. The highest BCUT2D eigenvalue weighted by atomic mass is 16.5. The summed E-state index contributed by atoms with van der Waals surface area (Å²) in [6.45, 7) is 11.7. The average Bonchev–Trinajstić information content (AvgIpc) is 2.97. The molecular formula is C18H35N3O. The Bertz CT molecular complexity index is 356. The molecule has 2 rings (SSSR count). The van der Waals surface area contributed by atoms with E-state index in [0.717, 1.165) is 25.7 Å². The van der Waals surface area contributed by atoms with Gasteiger partial charge in [-0.2, -0.15) is 0 Å².